The zero-order chi connectivity index (χ0) is 23.5. The molecule has 0 fully saturated rings. The average Bonchev–Trinajstić information content (AvgIpc) is 3.51. The van der Waals surface area contributed by atoms with Crippen LogP contribution in [0.5, 0.6) is 0 Å². The van der Waals surface area contributed by atoms with Crippen molar-refractivity contribution in [1.29, 1.82) is 0 Å². The highest BCUT2D eigenvalue weighted by atomic mass is 35.5. The van der Waals surface area contributed by atoms with E-state index in [4.69, 9.17) is 21.1 Å². The Bertz CT molecular complexity index is 1410. The number of fused-ring (bicyclic) bond motifs is 1. The minimum absolute atomic E-state index is 0.108. The van der Waals surface area contributed by atoms with Gasteiger partial charge in [0.25, 0.3) is 0 Å². The number of hydrogen-bond donors (Lipinski definition) is 0. The fourth-order valence-electron chi connectivity index (χ4n) is 4.05. The van der Waals surface area contributed by atoms with Crippen LogP contribution < -0.4 is 4.90 Å². The zero-order valence-corrected chi connectivity index (χ0v) is 19.6. The topological polar surface area (TPSA) is 51.3 Å². The van der Waals surface area contributed by atoms with Gasteiger partial charge in [0.05, 0.1) is 12.2 Å². The summed E-state index contributed by atoms with van der Waals surface area (Å²) in [6.07, 6.45) is 2.84. The Morgan fingerprint density at radius 3 is 2.56 bits per heavy atom. The Morgan fingerprint density at radius 1 is 1.00 bits per heavy atom. The summed E-state index contributed by atoms with van der Waals surface area (Å²) in [4.78, 5) is 14.6. The third-order valence-corrected chi connectivity index (χ3v) is 6.07. The van der Waals surface area contributed by atoms with Gasteiger partial charge in [-0.1, -0.05) is 55.5 Å². The fraction of sp³-hybridized carbons (Fsp3) is 0.143. The Balaban J connectivity index is 1.62. The number of aromatic nitrogens is 2. The summed E-state index contributed by atoms with van der Waals surface area (Å²) < 4.78 is 7.97. The second kappa shape index (κ2) is 9.57. The lowest BCUT2D eigenvalue weighted by Crippen LogP contribution is -2.31. The maximum absolute atomic E-state index is 12.9. The molecule has 0 N–H and O–H groups in total. The quantitative estimate of drug-likeness (QED) is 0.252. The molecule has 2 heterocycles. The van der Waals surface area contributed by atoms with E-state index < -0.39 is 0 Å². The molecule has 5 nitrogen and oxygen atoms in total. The summed E-state index contributed by atoms with van der Waals surface area (Å²) in [5.41, 5.74) is 5.24. The molecule has 170 valence electrons. The summed E-state index contributed by atoms with van der Waals surface area (Å²) in [6.45, 7) is 2.41. The van der Waals surface area contributed by atoms with E-state index in [-0.39, 0.29) is 11.8 Å². The molecule has 0 spiro atoms. The number of aryl methyl sites for hydroxylation is 1. The van der Waals surface area contributed by atoms with Gasteiger partial charge in [-0.15, -0.1) is 11.6 Å². The van der Waals surface area contributed by atoms with Crippen LogP contribution in [0.25, 0.3) is 28.1 Å². The van der Waals surface area contributed by atoms with Gasteiger partial charge in [-0.05, 0) is 48.4 Å². The average molecular weight is 470 g/mol. The third kappa shape index (κ3) is 4.35. The third-order valence-electron chi connectivity index (χ3n) is 5.84. The summed E-state index contributed by atoms with van der Waals surface area (Å²) in [5.74, 6) is 0.382. The molecule has 34 heavy (non-hydrogen) atoms. The number of carbonyl (C=O) groups excluding carboxylic acids is 1. The molecule has 0 aliphatic rings. The predicted octanol–water partition coefficient (Wildman–Crippen LogP) is 6.62. The molecule has 0 saturated carbocycles. The van der Waals surface area contributed by atoms with Gasteiger partial charge in [0, 0.05) is 22.8 Å². The van der Waals surface area contributed by atoms with Crippen molar-refractivity contribution in [2.45, 2.75) is 19.9 Å². The number of halogens is 1. The SMILES string of the molecule is CCc1cccc(N(Cc2cn(-c3ccccc3)nc2-c2cc3ccccc3o2)C(=O)CCl)c1. The van der Waals surface area contributed by atoms with Gasteiger partial charge in [0.15, 0.2) is 5.76 Å². The second-order valence-electron chi connectivity index (χ2n) is 8.07. The van der Waals surface area contributed by atoms with E-state index in [0.29, 0.717) is 18.0 Å². The molecule has 3 aromatic carbocycles. The van der Waals surface area contributed by atoms with Crippen LogP contribution >= 0.6 is 11.6 Å². The van der Waals surface area contributed by atoms with Crippen molar-refractivity contribution in [1.82, 2.24) is 9.78 Å². The first kappa shape index (κ1) is 22.0. The van der Waals surface area contributed by atoms with Crippen molar-refractivity contribution in [2.24, 2.45) is 0 Å². The molecular formula is C28H24ClN3O2. The zero-order valence-electron chi connectivity index (χ0n) is 18.8. The smallest absolute Gasteiger partial charge is 0.242 e. The number of benzene rings is 3. The van der Waals surface area contributed by atoms with Crippen LogP contribution in [0.2, 0.25) is 0 Å². The van der Waals surface area contributed by atoms with Crippen molar-refractivity contribution in [3.8, 4) is 17.1 Å². The molecule has 0 aliphatic heterocycles. The van der Waals surface area contributed by atoms with Crippen LogP contribution in [0.1, 0.15) is 18.1 Å². The van der Waals surface area contributed by atoms with Gasteiger partial charge >= 0.3 is 0 Å². The van der Waals surface area contributed by atoms with E-state index in [1.54, 1.807) is 4.90 Å². The van der Waals surface area contributed by atoms with Crippen LogP contribution in [0.15, 0.2) is 95.5 Å². The number of anilines is 1. The van der Waals surface area contributed by atoms with Gasteiger partial charge in [0.2, 0.25) is 5.91 Å². The molecule has 5 rings (SSSR count). The number of nitrogens with zero attached hydrogens (tertiary/aromatic N) is 3. The van der Waals surface area contributed by atoms with Crippen LogP contribution in [0.3, 0.4) is 0 Å². The maximum atomic E-state index is 12.9. The molecule has 2 aromatic heterocycles. The summed E-state index contributed by atoms with van der Waals surface area (Å²) in [5, 5.41) is 5.87. The Morgan fingerprint density at radius 2 is 1.79 bits per heavy atom. The monoisotopic (exact) mass is 469 g/mol. The van der Waals surface area contributed by atoms with Crippen molar-refractivity contribution in [3.05, 3.63) is 102 Å². The number of carbonyl (C=O) groups is 1. The largest absolute Gasteiger partial charge is 0.454 e. The molecule has 1 amide bonds. The summed E-state index contributed by atoms with van der Waals surface area (Å²) in [6, 6.07) is 27.7. The van der Waals surface area contributed by atoms with Crippen LogP contribution in [0, 0.1) is 0 Å². The van der Waals surface area contributed by atoms with Crippen molar-refractivity contribution in [3.63, 3.8) is 0 Å². The number of rotatable bonds is 7. The summed E-state index contributed by atoms with van der Waals surface area (Å²) in [7, 11) is 0. The number of furan rings is 1. The van der Waals surface area contributed by atoms with Crippen molar-refractivity contribution < 1.29 is 9.21 Å². The molecule has 0 bridgehead atoms. The van der Waals surface area contributed by atoms with Crippen LogP contribution in [-0.4, -0.2) is 21.6 Å². The molecule has 0 saturated heterocycles. The number of hydrogen-bond acceptors (Lipinski definition) is 3. The Hall–Kier alpha value is -3.83. The highest BCUT2D eigenvalue weighted by molar-refractivity contribution is 6.29. The number of alkyl halides is 1. The van der Waals surface area contributed by atoms with Crippen LogP contribution in [0.4, 0.5) is 5.69 Å². The van der Waals surface area contributed by atoms with E-state index in [9.17, 15) is 4.79 Å². The molecule has 0 unspecified atom stereocenters. The van der Waals surface area contributed by atoms with Gasteiger partial charge < -0.3 is 9.32 Å². The highest BCUT2D eigenvalue weighted by Crippen LogP contribution is 2.31. The highest BCUT2D eigenvalue weighted by Gasteiger charge is 2.22. The standard InChI is InChI=1S/C28H24ClN3O2/c1-2-20-9-8-13-24(15-20)31(27(33)17-29)18-22-19-32(23-11-4-3-5-12-23)30-28(22)26-16-21-10-6-7-14-25(21)34-26/h3-16,19H,2,17-18H2,1H3. The first-order valence-electron chi connectivity index (χ1n) is 11.2. The predicted molar refractivity (Wildman–Crippen MR) is 137 cm³/mol. The minimum atomic E-state index is -0.169. The maximum Gasteiger partial charge on any atom is 0.242 e. The Labute approximate surface area is 203 Å². The summed E-state index contributed by atoms with van der Waals surface area (Å²) >= 11 is 6.02. The first-order chi connectivity index (χ1) is 16.7. The lowest BCUT2D eigenvalue weighted by atomic mass is 10.1. The van der Waals surface area contributed by atoms with E-state index in [1.807, 2.05) is 89.7 Å². The fourth-order valence-corrected chi connectivity index (χ4v) is 4.20. The van der Waals surface area contributed by atoms with E-state index >= 15 is 0 Å². The molecule has 5 aromatic rings. The van der Waals surface area contributed by atoms with Crippen LogP contribution in [-0.2, 0) is 17.8 Å². The molecule has 0 atom stereocenters. The van der Waals surface area contributed by atoms with E-state index in [2.05, 4.69) is 13.0 Å². The molecular weight excluding hydrogens is 446 g/mol. The number of amides is 1. The van der Waals surface area contributed by atoms with E-state index in [1.165, 1.54) is 0 Å². The van der Waals surface area contributed by atoms with Gasteiger partial charge in [-0.2, -0.15) is 5.10 Å². The lowest BCUT2D eigenvalue weighted by Gasteiger charge is -2.22. The molecule has 6 heteroatoms. The van der Waals surface area contributed by atoms with Gasteiger partial charge in [0.1, 0.15) is 17.2 Å². The molecule has 0 aliphatic carbocycles. The number of para-hydroxylation sites is 2. The Kier molecular flexibility index (Phi) is 6.19. The van der Waals surface area contributed by atoms with Gasteiger partial charge in [-0.3, -0.25) is 4.79 Å². The van der Waals surface area contributed by atoms with Crippen molar-refractivity contribution >= 4 is 34.2 Å². The lowest BCUT2D eigenvalue weighted by molar-refractivity contribution is -0.116. The molecule has 0 radical (unpaired) electrons. The van der Waals surface area contributed by atoms with Gasteiger partial charge in [-0.25, -0.2) is 4.68 Å². The second-order valence-corrected chi connectivity index (χ2v) is 8.34. The van der Waals surface area contributed by atoms with E-state index in [0.717, 1.165) is 39.9 Å². The minimum Gasteiger partial charge on any atom is -0.454 e. The van der Waals surface area contributed by atoms with Crippen molar-refractivity contribution in [2.75, 3.05) is 10.8 Å². The normalized spacial score (nSPS) is 11.1. The first-order valence-corrected chi connectivity index (χ1v) is 11.8.